The van der Waals surface area contributed by atoms with Gasteiger partial charge in [0, 0.05) is 6.07 Å². The minimum absolute atomic E-state index is 0.164. The molecule has 6 nitrogen and oxygen atoms in total. The zero-order valence-electron chi connectivity index (χ0n) is 9.80. The van der Waals surface area contributed by atoms with E-state index >= 15 is 0 Å². The molecule has 1 aromatic rings. The van der Waals surface area contributed by atoms with E-state index < -0.39 is 9.85 Å². The number of hydrogen-bond donors (Lipinski definition) is 0. The highest BCUT2D eigenvalue weighted by Gasteiger charge is 2.23. The third-order valence-corrected chi connectivity index (χ3v) is 3.31. The van der Waals surface area contributed by atoms with Crippen LogP contribution in [0.25, 0.3) is 0 Å². The van der Waals surface area contributed by atoms with Gasteiger partial charge in [0.1, 0.15) is 0 Å². The second kappa shape index (κ2) is 5.12. The standard InChI is InChI=1S/C12H13N2O4/c15-13(16)11-6-10(7-12(8-11)14(17)18)9-4-2-1-3-5-9/h6,8-9H,1-5H2. The molecular weight excluding hydrogens is 236 g/mol. The fourth-order valence-corrected chi connectivity index (χ4v) is 2.40. The summed E-state index contributed by atoms with van der Waals surface area (Å²) >= 11 is 0. The summed E-state index contributed by atoms with van der Waals surface area (Å²) < 4.78 is 0. The number of non-ortho nitro benzene ring substituents is 2. The topological polar surface area (TPSA) is 86.3 Å². The molecule has 0 aliphatic heterocycles. The Hall–Kier alpha value is -1.98. The summed E-state index contributed by atoms with van der Waals surface area (Å²) in [5.74, 6) is 0.164. The van der Waals surface area contributed by atoms with E-state index in [-0.39, 0.29) is 17.3 Å². The van der Waals surface area contributed by atoms with Crippen molar-refractivity contribution in [2.45, 2.75) is 38.0 Å². The molecule has 0 N–H and O–H groups in total. The normalized spacial score (nSPS) is 16.4. The molecule has 1 aliphatic carbocycles. The van der Waals surface area contributed by atoms with Gasteiger partial charge < -0.3 is 0 Å². The summed E-state index contributed by atoms with van der Waals surface area (Å²) in [6, 6.07) is 5.09. The molecule has 1 aliphatic rings. The fraction of sp³-hybridized carbons (Fsp3) is 0.500. The first-order chi connectivity index (χ1) is 8.58. The second-order valence-corrected chi connectivity index (χ2v) is 4.53. The Morgan fingerprint density at radius 1 is 1.06 bits per heavy atom. The molecular formula is C12H13N2O4. The third-order valence-electron chi connectivity index (χ3n) is 3.31. The number of rotatable bonds is 3. The Morgan fingerprint density at radius 2 is 1.72 bits per heavy atom. The number of nitro benzene ring substituents is 2. The summed E-state index contributed by atoms with van der Waals surface area (Å²) in [6.45, 7) is 0. The summed E-state index contributed by atoms with van der Waals surface area (Å²) in [7, 11) is 0. The Labute approximate surface area is 104 Å². The molecule has 18 heavy (non-hydrogen) atoms. The van der Waals surface area contributed by atoms with Gasteiger partial charge in [-0.3, -0.25) is 20.2 Å². The van der Waals surface area contributed by atoms with Gasteiger partial charge in [-0.1, -0.05) is 19.3 Å². The van der Waals surface area contributed by atoms with Gasteiger partial charge in [0.05, 0.1) is 22.0 Å². The van der Waals surface area contributed by atoms with E-state index in [4.69, 9.17) is 0 Å². The van der Waals surface area contributed by atoms with E-state index in [9.17, 15) is 20.2 Å². The molecule has 0 aromatic heterocycles. The van der Waals surface area contributed by atoms with Gasteiger partial charge in [-0.05, 0) is 24.3 Å². The van der Waals surface area contributed by atoms with E-state index in [0.717, 1.165) is 38.2 Å². The van der Waals surface area contributed by atoms with Crippen molar-refractivity contribution in [2.24, 2.45) is 0 Å². The Kier molecular flexibility index (Phi) is 3.55. The van der Waals surface area contributed by atoms with Crippen molar-refractivity contribution >= 4 is 11.4 Å². The minimum atomic E-state index is -0.626. The number of benzene rings is 1. The van der Waals surface area contributed by atoms with Crippen molar-refractivity contribution < 1.29 is 9.85 Å². The van der Waals surface area contributed by atoms with Gasteiger partial charge >= 0.3 is 0 Å². The first kappa shape index (κ1) is 12.5. The molecule has 1 saturated carbocycles. The highest BCUT2D eigenvalue weighted by atomic mass is 16.6. The zero-order valence-corrected chi connectivity index (χ0v) is 9.80. The molecule has 95 valence electrons. The van der Waals surface area contributed by atoms with Gasteiger partial charge in [-0.15, -0.1) is 0 Å². The monoisotopic (exact) mass is 249 g/mol. The molecule has 1 aromatic carbocycles. The number of nitro groups is 2. The minimum Gasteiger partial charge on any atom is -0.258 e. The molecule has 0 amide bonds. The van der Waals surface area contributed by atoms with E-state index in [1.54, 1.807) is 0 Å². The van der Waals surface area contributed by atoms with Gasteiger partial charge in [0.25, 0.3) is 11.4 Å². The van der Waals surface area contributed by atoms with Crippen LogP contribution in [0, 0.1) is 26.3 Å². The van der Waals surface area contributed by atoms with E-state index in [1.165, 1.54) is 6.07 Å². The van der Waals surface area contributed by atoms with Crippen LogP contribution in [0.3, 0.4) is 0 Å². The lowest BCUT2D eigenvalue weighted by Crippen LogP contribution is -2.06. The first-order valence-electron chi connectivity index (χ1n) is 5.94. The molecule has 0 unspecified atom stereocenters. The maximum atomic E-state index is 10.8. The Bertz CT molecular complexity index is 449. The van der Waals surface area contributed by atoms with Crippen LogP contribution in [0.15, 0.2) is 12.1 Å². The van der Waals surface area contributed by atoms with Crippen LogP contribution >= 0.6 is 0 Å². The lowest BCUT2D eigenvalue weighted by molar-refractivity contribution is -0.394. The van der Waals surface area contributed by atoms with Crippen LogP contribution in [0.1, 0.15) is 43.6 Å². The van der Waals surface area contributed by atoms with Gasteiger partial charge in [-0.25, -0.2) is 0 Å². The van der Waals surface area contributed by atoms with E-state index in [2.05, 4.69) is 6.07 Å². The van der Waals surface area contributed by atoms with Crippen molar-refractivity contribution in [2.75, 3.05) is 0 Å². The van der Waals surface area contributed by atoms with Crippen molar-refractivity contribution in [3.63, 3.8) is 0 Å². The summed E-state index contributed by atoms with van der Waals surface area (Å²) in [5, 5.41) is 21.5. The SMILES string of the molecule is O=[N+]([O-])c1[c]c(C2CCCCC2)cc([N+](=O)[O-])c1. The molecule has 0 atom stereocenters. The van der Waals surface area contributed by atoms with Crippen molar-refractivity contribution in [3.05, 3.63) is 44.0 Å². The zero-order chi connectivity index (χ0) is 13.1. The predicted molar refractivity (Wildman–Crippen MR) is 64.4 cm³/mol. The highest BCUT2D eigenvalue weighted by Crippen LogP contribution is 2.35. The second-order valence-electron chi connectivity index (χ2n) is 4.53. The van der Waals surface area contributed by atoms with Crippen molar-refractivity contribution in [1.29, 1.82) is 0 Å². The lowest BCUT2D eigenvalue weighted by Gasteiger charge is -2.21. The largest absolute Gasteiger partial charge is 0.284 e. The maximum absolute atomic E-state index is 10.8. The smallest absolute Gasteiger partial charge is 0.258 e. The Morgan fingerprint density at radius 3 is 2.28 bits per heavy atom. The van der Waals surface area contributed by atoms with Crippen LogP contribution in [0.5, 0.6) is 0 Å². The molecule has 6 heteroatoms. The van der Waals surface area contributed by atoms with Gasteiger partial charge in [0.15, 0.2) is 0 Å². The Balaban J connectivity index is 2.38. The summed E-state index contributed by atoms with van der Waals surface area (Å²) in [4.78, 5) is 20.3. The lowest BCUT2D eigenvalue weighted by atomic mass is 9.84. The van der Waals surface area contributed by atoms with Crippen LogP contribution < -0.4 is 0 Å². The molecule has 0 spiro atoms. The van der Waals surface area contributed by atoms with Crippen molar-refractivity contribution in [3.8, 4) is 0 Å². The van der Waals surface area contributed by atoms with Crippen LogP contribution in [0.4, 0.5) is 11.4 Å². The maximum Gasteiger partial charge on any atom is 0.284 e. The molecule has 1 fully saturated rings. The molecule has 0 saturated heterocycles. The summed E-state index contributed by atoms with van der Waals surface area (Å²) in [5.41, 5.74) is 0.0707. The van der Waals surface area contributed by atoms with Crippen molar-refractivity contribution in [1.82, 2.24) is 0 Å². The van der Waals surface area contributed by atoms with Gasteiger partial charge in [-0.2, -0.15) is 0 Å². The van der Waals surface area contributed by atoms with E-state index in [0.29, 0.717) is 5.56 Å². The van der Waals surface area contributed by atoms with E-state index in [1.807, 2.05) is 0 Å². The van der Waals surface area contributed by atoms with Crippen LogP contribution in [-0.2, 0) is 0 Å². The molecule has 1 radical (unpaired) electrons. The third kappa shape index (κ3) is 2.64. The fourth-order valence-electron chi connectivity index (χ4n) is 2.40. The highest BCUT2D eigenvalue weighted by molar-refractivity contribution is 5.46. The molecule has 0 heterocycles. The predicted octanol–water partition coefficient (Wildman–Crippen LogP) is 3.35. The number of hydrogen-bond acceptors (Lipinski definition) is 4. The first-order valence-corrected chi connectivity index (χ1v) is 5.94. The summed E-state index contributed by atoms with van der Waals surface area (Å²) in [6.07, 6.45) is 5.14. The van der Waals surface area contributed by atoms with Crippen LogP contribution in [0.2, 0.25) is 0 Å². The quantitative estimate of drug-likeness (QED) is 0.607. The number of nitrogens with zero attached hydrogens (tertiary/aromatic N) is 2. The van der Waals surface area contributed by atoms with Crippen LogP contribution in [-0.4, -0.2) is 9.85 Å². The van der Waals surface area contributed by atoms with Gasteiger partial charge in [0.2, 0.25) is 0 Å². The molecule has 2 rings (SSSR count). The molecule has 0 bridgehead atoms. The average Bonchev–Trinajstić information content (AvgIpc) is 2.39. The average molecular weight is 249 g/mol.